The van der Waals surface area contributed by atoms with Crippen molar-refractivity contribution in [2.24, 2.45) is 0 Å². The molecular weight excluding hydrogens is 316 g/mol. The fourth-order valence-electron chi connectivity index (χ4n) is 5.15. The lowest BCUT2D eigenvalue weighted by Gasteiger charge is -2.50. The number of nitrogens with zero attached hydrogens (tertiary/aromatic N) is 2. The molecule has 140 valence electrons. The Labute approximate surface area is 159 Å². The molecule has 26 heavy (non-hydrogen) atoms. The van der Waals surface area contributed by atoms with Gasteiger partial charge >= 0.3 is 0 Å². The van der Waals surface area contributed by atoms with Gasteiger partial charge in [0.25, 0.3) is 6.33 Å². The van der Waals surface area contributed by atoms with E-state index in [0.29, 0.717) is 0 Å². The normalized spacial score (nSPS) is 24.9. The van der Waals surface area contributed by atoms with Crippen molar-refractivity contribution < 1.29 is 4.57 Å². The van der Waals surface area contributed by atoms with Crippen molar-refractivity contribution >= 4 is 0 Å². The Balaban J connectivity index is 2.41. The number of benzene rings is 1. The number of hydrogen-bond donors (Lipinski definition) is 0. The second-order valence-electron chi connectivity index (χ2n) is 9.15. The Morgan fingerprint density at radius 1 is 1.04 bits per heavy atom. The van der Waals surface area contributed by atoms with Crippen LogP contribution in [-0.4, -0.2) is 4.98 Å². The summed E-state index contributed by atoms with van der Waals surface area (Å²) in [5, 5.41) is 0. The van der Waals surface area contributed by atoms with Crippen molar-refractivity contribution in [3.8, 4) is 11.3 Å². The molecule has 1 aromatic heterocycles. The molecule has 0 bridgehead atoms. The maximum Gasteiger partial charge on any atom is 0.287 e. The van der Waals surface area contributed by atoms with Crippen LogP contribution < -0.4 is 4.57 Å². The summed E-state index contributed by atoms with van der Waals surface area (Å²) in [5.74, 6) is 0. The van der Waals surface area contributed by atoms with Crippen molar-refractivity contribution in [3.05, 3.63) is 47.9 Å². The zero-order valence-corrected chi connectivity index (χ0v) is 17.7. The fraction of sp³-hybridized carbons (Fsp3) is 0.583. The minimum atomic E-state index is 0.0513. The lowest BCUT2D eigenvalue weighted by Crippen LogP contribution is -2.69. The van der Waals surface area contributed by atoms with Gasteiger partial charge in [-0.05, 0) is 24.8 Å². The Morgan fingerprint density at radius 3 is 2.31 bits per heavy atom. The molecule has 2 heterocycles. The van der Waals surface area contributed by atoms with Crippen LogP contribution in [0, 0.1) is 0 Å². The van der Waals surface area contributed by atoms with Crippen molar-refractivity contribution in [3.63, 3.8) is 0 Å². The molecule has 0 amide bonds. The van der Waals surface area contributed by atoms with E-state index in [1.54, 1.807) is 0 Å². The molecule has 1 aliphatic heterocycles. The Hall–Kier alpha value is -1.70. The fourth-order valence-corrected chi connectivity index (χ4v) is 5.15. The Morgan fingerprint density at radius 2 is 1.73 bits per heavy atom. The third-order valence-electron chi connectivity index (χ3n) is 6.85. The lowest BCUT2D eigenvalue weighted by atomic mass is 9.58. The van der Waals surface area contributed by atoms with Gasteiger partial charge in [-0.1, -0.05) is 84.1 Å². The number of fused-ring (bicyclic) bond motifs is 3. The Kier molecular flexibility index (Phi) is 4.75. The molecule has 0 aliphatic carbocycles. The molecule has 2 atom stereocenters. The zero-order valence-electron chi connectivity index (χ0n) is 17.7. The van der Waals surface area contributed by atoms with Crippen LogP contribution in [0.3, 0.4) is 0 Å². The van der Waals surface area contributed by atoms with E-state index in [2.05, 4.69) is 89.7 Å². The van der Waals surface area contributed by atoms with Gasteiger partial charge in [-0.15, -0.1) is 0 Å². The van der Waals surface area contributed by atoms with E-state index in [1.807, 2.05) is 0 Å². The third kappa shape index (κ3) is 2.52. The van der Waals surface area contributed by atoms with E-state index < -0.39 is 0 Å². The van der Waals surface area contributed by atoms with E-state index in [-0.39, 0.29) is 16.4 Å². The lowest BCUT2D eigenvalue weighted by molar-refractivity contribution is -0.772. The van der Waals surface area contributed by atoms with E-state index in [0.717, 1.165) is 12.8 Å². The van der Waals surface area contributed by atoms with Gasteiger partial charge in [0.15, 0.2) is 5.69 Å². The van der Waals surface area contributed by atoms with Gasteiger partial charge in [0.1, 0.15) is 11.2 Å². The molecule has 0 radical (unpaired) electrons. The smallest absolute Gasteiger partial charge is 0.223 e. The minimum absolute atomic E-state index is 0.0513. The first-order chi connectivity index (χ1) is 12.2. The predicted molar refractivity (Wildman–Crippen MR) is 109 cm³/mol. The van der Waals surface area contributed by atoms with Gasteiger partial charge < -0.3 is 0 Å². The SMILES string of the molecule is CCCC1(CC)[n+]2cnc(C(C)(C)C)cc2-c2ccccc2C1(C)CC. The molecule has 3 rings (SSSR count). The molecule has 0 N–H and O–H groups in total. The van der Waals surface area contributed by atoms with E-state index in [1.165, 1.54) is 35.4 Å². The summed E-state index contributed by atoms with van der Waals surface area (Å²) in [6, 6.07) is 11.4. The third-order valence-corrected chi connectivity index (χ3v) is 6.85. The predicted octanol–water partition coefficient (Wildman–Crippen LogP) is 5.92. The number of rotatable bonds is 4. The quantitative estimate of drug-likeness (QED) is 0.625. The van der Waals surface area contributed by atoms with Crippen LogP contribution in [0.1, 0.15) is 85.4 Å². The van der Waals surface area contributed by atoms with E-state index >= 15 is 0 Å². The molecule has 0 fully saturated rings. The van der Waals surface area contributed by atoms with Gasteiger partial charge in [0, 0.05) is 22.5 Å². The highest BCUT2D eigenvalue weighted by molar-refractivity contribution is 5.65. The maximum atomic E-state index is 4.92. The van der Waals surface area contributed by atoms with Gasteiger partial charge in [-0.25, -0.2) is 4.57 Å². The summed E-state index contributed by atoms with van der Waals surface area (Å²) in [5.41, 5.74) is 5.62. The van der Waals surface area contributed by atoms with Gasteiger partial charge in [0.05, 0.1) is 0 Å². The molecule has 2 heteroatoms. The van der Waals surface area contributed by atoms with E-state index in [9.17, 15) is 0 Å². The molecule has 2 unspecified atom stereocenters. The van der Waals surface area contributed by atoms with Crippen LogP contribution in [0.25, 0.3) is 11.3 Å². The molecular formula is C24H35N2+. The van der Waals surface area contributed by atoms with Crippen LogP contribution in [0.5, 0.6) is 0 Å². The average molecular weight is 352 g/mol. The summed E-state index contributed by atoms with van der Waals surface area (Å²) in [6.07, 6.45) is 6.74. The summed E-state index contributed by atoms with van der Waals surface area (Å²) in [4.78, 5) is 4.92. The number of aromatic nitrogens is 2. The van der Waals surface area contributed by atoms with Crippen molar-refractivity contribution in [1.29, 1.82) is 0 Å². The largest absolute Gasteiger partial charge is 0.287 e. The van der Waals surface area contributed by atoms with Crippen molar-refractivity contribution in [2.75, 3.05) is 0 Å². The van der Waals surface area contributed by atoms with E-state index in [4.69, 9.17) is 4.98 Å². The maximum absolute atomic E-state index is 4.92. The zero-order chi connectivity index (χ0) is 19.2. The summed E-state index contributed by atoms with van der Waals surface area (Å²) < 4.78 is 2.53. The molecule has 1 aliphatic rings. The van der Waals surface area contributed by atoms with Crippen LogP contribution in [-0.2, 0) is 16.4 Å². The molecule has 2 nitrogen and oxygen atoms in total. The van der Waals surface area contributed by atoms with Crippen LogP contribution in [0.15, 0.2) is 36.7 Å². The van der Waals surface area contributed by atoms with Gasteiger partial charge in [0.2, 0.25) is 0 Å². The molecule has 0 saturated carbocycles. The molecule has 0 saturated heterocycles. The first kappa shape index (κ1) is 19.1. The molecule has 1 aromatic carbocycles. The second kappa shape index (κ2) is 6.48. The highest BCUT2D eigenvalue weighted by Gasteiger charge is 2.55. The standard InChI is InChI=1S/C24H35N2/c1-8-15-24(10-3)23(7,9-2)19-14-12-11-13-18(19)20-16-21(22(4,5)6)25-17-26(20)24/h11-14,16-17H,8-10,15H2,1-7H3/q+1. The Bertz CT molecular complexity index is 802. The monoisotopic (exact) mass is 351 g/mol. The summed E-state index contributed by atoms with van der Waals surface area (Å²) in [7, 11) is 0. The van der Waals surface area contributed by atoms with Crippen LogP contribution in [0.2, 0.25) is 0 Å². The topological polar surface area (TPSA) is 16.8 Å². The summed E-state index contributed by atoms with van der Waals surface area (Å²) in [6.45, 7) is 16.2. The average Bonchev–Trinajstić information content (AvgIpc) is 2.64. The molecule has 0 spiro atoms. The van der Waals surface area contributed by atoms with Crippen LogP contribution >= 0.6 is 0 Å². The summed E-state index contributed by atoms with van der Waals surface area (Å²) >= 11 is 0. The van der Waals surface area contributed by atoms with Gasteiger partial charge in [-0.3, -0.25) is 0 Å². The number of hydrogen-bond acceptors (Lipinski definition) is 1. The first-order valence-corrected chi connectivity index (χ1v) is 10.3. The molecule has 2 aromatic rings. The minimum Gasteiger partial charge on any atom is -0.223 e. The second-order valence-corrected chi connectivity index (χ2v) is 9.15. The van der Waals surface area contributed by atoms with Crippen molar-refractivity contribution in [1.82, 2.24) is 4.98 Å². The van der Waals surface area contributed by atoms with Crippen molar-refractivity contribution in [2.45, 2.75) is 90.5 Å². The highest BCUT2D eigenvalue weighted by atomic mass is 15.1. The highest BCUT2D eigenvalue weighted by Crippen LogP contribution is 2.51. The first-order valence-electron chi connectivity index (χ1n) is 10.3. The van der Waals surface area contributed by atoms with Gasteiger partial charge in [-0.2, -0.15) is 0 Å². The van der Waals surface area contributed by atoms with Crippen LogP contribution in [0.4, 0.5) is 0 Å².